The SMILES string of the molecule is Nc1cccc(CNc2cccc(-c3cc(NC4CCNCC4)ncc3Cl)n2)c1. The molecule has 0 aliphatic carbocycles. The Kier molecular flexibility index (Phi) is 6.12. The summed E-state index contributed by atoms with van der Waals surface area (Å²) >= 11 is 6.44. The first kappa shape index (κ1) is 19.5. The van der Waals surface area contributed by atoms with Crippen molar-refractivity contribution in [2.75, 3.05) is 29.5 Å². The second-order valence-corrected chi connectivity index (χ2v) is 7.63. The van der Waals surface area contributed by atoms with Crippen molar-refractivity contribution in [3.05, 3.63) is 65.3 Å². The number of halogens is 1. The van der Waals surface area contributed by atoms with Gasteiger partial charge in [0, 0.05) is 30.0 Å². The van der Waals surface area contributed by atoms with Crippen LogP contribution in [-0.4, -0.2) is 29.1 Å². The quantitative estimate of drug-likeness (QED) is 0.458. The van der Waals surface area contributed by atoms with E-state index in [9.17, 15) is 0 Å². The first-order chi connectivity index (χ1) is 14.2. The lowest BCUT2D eigenvalue weighted by atomic mass is 10.1. The maximum atomic E-state index is 6.44. The Labute approximate surface area is 175 Å². The van der Waals surface area contributed by atoms with Gasteiger partial charge >= 0.3 is 0 Å². The van der Waals surface area contributed by atoms with Crippen LogP contribution in [-0.2, 0) is 6.54 Å². The summed E-state index contributed by atoms with van der Waals surface area (Å²) in [5.41, 5.74) is 9.38. The Bertz CT molecular complexity index is 971. The van der Waals surface area contributed by atoms with E-state index in [1.807, 2.05) is 48.5 Å². The fourth-order valence-corrected chi connectivity index (χ4v) is 3.67. The number of piperidine rings is 1. The molecule has 0 bridgehead atoms. The number of hydrogen-bond acceptors (Lipinski definition) is 6. The van der Waals surface area contributed by atoms with Crippen LogP contribution < -0.4 is 21.7 Å². The molecule has 4 rings (SSSR count). The second kappa shape index (κ2) is 9.11. The summed E-state index contributed by atoms with van der Waals surface area (Å²) in [5.74, 6) is 1.61. The lowest BCUT2D eigenvalue weighted by Crippen LogP contribution is -2.35. The molecule has 0 spiro atoms. The zero-order chi connectivity index (χ0) is 20.1. The van der Waals surface area contributed by atoms with Crippen LogP contribution in [0.5, 0.6) is 0 Å². The normalized spacial score (nSPS) is 14.5. The third-order valence-corrected chi connectivity index (χ3v) is 5.30. The van der Waals surface area contributed by atoms with Gasteiger partial charge in [0.1, 0.15) is 11.6 Å². The zero-order valence-electron chi connectivity index (χ0n) is 16.2. The Morgan fingerprint density at radius 3 is 2.72 bits per heavy atom. The molecule has 1 aliphatic rings. The molecule has 6 nitrogen and oxygen atoms in total. The van der Waals surface area contributed by atoms with Crippen LogP contribution in [0, 0.1) is 0 Å². The van der Waals surface area contributed by atoms with Crippen molar-refractivity contribution in [1.29, 1.82) is 0 Å². The average molecular weight is 409 g/mol. The van der Waals surface area contributed by atoms with Crippen molar-refractivity contribution in [3.8, 4) is 11.3 Å². The van der Waals surface area contributed by atoms with Crippen molar-refractivity contribution in [3.63, 3.8) is 0 Å². The summed E-state index contributed by atoms with van der Waals surface area (Å²) in [5, 5.41) is 10.8. The fourth-order valence-electron chi connectivity index (χ4n) is 3.47. The molecular formula is C22H25ClN6. The van der Waals surface area contributed by atoms with E-state index in [4.69, 9.17) is 22.3 Å². The summed E-state index contributed by atoms with van der Waals surface area (Å²) in [4.78, 5) is 9.18. The largest absolute Gasteiger partial charge is 0.399 e. The number of pyridine rings is 2. The molecule has 0 unspecified atom stereocenters. The standard InChI is InChI=1S/C22H25ClN6/c23-19-14-27-22(28-17-7-9-25-10-8-17)12-18(19)20-5-2-6-21(29-20)26-13-15-3-1-4-16(24)11-15/h1-6,11-12,14,17,25H,7-10,13,24H2,(H,26,29)(H,27,28). The molecule has 0 radical (unpaired) electrons. The Morgan fingerprint density at radius 1 is 1.07 bits per heavy atom. The molecule has 150 valence electrons. The van der Waals surface area contributed by atoms with Crippen LogP contribution in [0.2, 0.25) is 5.02 Å². The molecule has 2 aromatic heterocycles. The van der Waals surface area contributed by atoms with Gasteiger partial charge in [0.25, 0.3) is 0 Å². The number of rotatable bonds is 6. The predicted octanol–water partition coefficient (Wildman–Crippen LogP) is 4.16. The maximum absolute atomic E-state index is 6.44. The number of nitrogens with one attached hydrogen (secondary N) is 3. The minimum absolute atomic E-state index is 0.428. The number of anilines is 3. The van der Waals surface area contributed by atoms with Crippen molar-refractivity contribution >= 4 is 28.9 Å². The molecule has 1 fully saturated rings. The lowest BCUT2D eigenvalue weighted by molar-refractivity contribution is 0.478. The van der Waals surface area contributed by atoms with Crippen molar-refractivity contribution in [1.82, 2.24) is 15.3 Å². The zero-order valence-corrected chi connectivity index (χ0v) is 16.9. The van der Waals surface area contributed by atoms with E-state index in [0.29, 0.717) is 17.6 Å². The van der Waals surface area contributed by atoms with Crippen LogP contribution in [0.4, 0.5) is 17.3 Å². The van der Waals surface area contributed by atoms with E-state index in [1.54, 1.807) is 6.20 Å². The van der Waals surface area contributed by atoms with Crippen LogP contribution in [0.25, 0.3) is 11.3 Å². The molecule has 0 amide bonds. The molecule has 3 aromatic rings. The minimum atomic E-state index is 0.428. The number of nitrogens with zero attached hydrogens (tertiary/aromatic N) is 2. The topological polar surface area (TPSA) is 87.9 Å². The van der Waals surface area contributed by atoms with Gasteiger partial charge in [-0.3, -0.25) is 0 Å². The monoisotopic (exact) mass is 408 g/mol. The molecule has 3 heterocycles. The van der Waals surface area contributed by atoms with Crippen LogP contribution in [0.1, 0.15) is 18.4 Å². The Hall–Kier alpha value is -2.83. The van der Waals surface area contributed by atoms with E-state index in [0.717, 1.165) is 60.1 Å². The van der Waals surface area contributed by atoms with E-state index in [1.165, 1.54) is 0 Å². The predicted molar refractivity (Wildman–Crippen MR) is 120 cm³/mol. The van der Waals surface area contributed by atoms with Gasteiger partial charge in [-0.2, -0.15) is 0 Å². The third kappa shape index (κ3) is 5.16. The number of nitrogens with two attached hydrogens (primary N) is 1. The number of hydrogen-bond donors (Lipinski definition) is 4. The molecule has 1 aromatic carbocycles. The number of aromatic nitrogens is 2. The highest BCUT2D eigenvalue weighted by Crippen LogP contribution is 2.29. The average Bonchev–Trinajstić information content (AvgIpc) is 2.75. The van der Waals surface area contributed by atoms with Crippen molar-refractivity contribution in [2.24, 2.45) is 0 Å². The lowest BCUT2D eigenvalue weighted by Gasteiger charge is -2.24. The summed E-state index contributed by atoms with van der Waals surface area (Å²) < 4.78 is 0. The van der Waals surface area contributed by atoms with E-state index >= 15 is 0 Å². The molecule has 1 saturated heterocycles. The number of benzene rings is 1. The first-order valence-electron chi connectivity index (χ1n) is 9.86. The van der Waals surface area contributed by atoms with Crippen LogP contribution in [0.3, 0.4) is 0 Å². The highest BCUT2D eigenvalue weighted by atomic mass is 35.5. The summed E-state index contributed by atoms with van der Waals surface area (Å²) in [6, 6.07) is 16.1. The van der Waals surface area contributed by atoms with Crippen molar-refractivity contribution < 1.29 is 0 Å². The van der Waals surface area contributed by atoms with Gasteiger partial charge in [0.15, 0.2) is 0 Å². The van der Waals surface area contributed by atoms with Crippen molar-refractivity contribution in [2.45, 2.75) is 25.4 Å². The van der Waals surface area contributed by atoms with Gasteiger partial charge in [0.2, 0.25) is 0 Å². The number of nitrogen functional groups attached to an aromatic ring is 1. The van der Waals surface area contributed by atoms with Gasteiger partial charge in [0.05, 0.1) is 10.7 Å². The summed E-state index contributed by atoms with van der Waals surface area (Å²) in [7, 11) is 0. The molecule has 7 heteroatoms. The Balaban J connectivity index is 1.50. The van der Waals surface area contributed by atoms with Gasteiger partial charge < -0.3 is 21.7 Å². The maximum Gasteiger partial charge on any atom is 0.126 e. The van der Waals surface area contributed by atoms with Crippen LogP contribution in [0.15, 0.2) is 54.7 Å². The second-order valence-electron chi connectivity index (χ2n) is 7.22. The summed E-state index contributed by atoms with van der Waals surface area (Å²) in [6.07, 6.45) is 3.86. The smallest absolute Gasteiger partial charge is 0.126 e. The highest BCUT2D eigenvalue weighted by molar-refractivity contribution is 6.33. The molecule has 29 heavy (non-hydrogen) atoms. The van der Waals surface area contributed by atoms with Crippen LogP contribution >= 0.6 is 11.6 Å². The minimum Gasteiger partial charge on any atom is -0.399 e. The van der Waals surface area contributed by atoms with Gasteiger partial charge in [-0.05, 0) is 61.8 Å². The van der Waals surface area contributed by atoms with E-state index < -0.39 is 0 Å². The first-order valence-corrected chi connectivity index (χ1v) is 10.2. The molecule has 0 saturated carbocycles. The third-order valence-electron chi connectivity index (χ3n) is 5.00. The summed E-state index contributed by atoms with van der Waals surface area (Å²) in [6.45, 7) is 2.70. The molecule has 1 aliphatic heterocycles. The molecule has 0 atom stereocenters. The van der Waals surface area contributed by atoms with E-state index in [2.05, 4.69) is 20.9 Å². The van der Waals surface area contributed by atoms with Gasteiger partial charge in [-0.1, -0.05) is 29.8 Å². The molecule has 5 N–H and O–H groups in total. The fraction of sp³-hybridized carbons (Fsp3) is 0.273. The van der Waals surface area contributed by atoms with Gasteiger partial charge in [-0.25, -0.2) is 9.97 Å². The highest BCUT2D eigenvalue weighted by Gasteiger charge is 2.15. The molecular weight excluding hydrogens is 384 g/mol. The van der Waals surface area contributed by atoms with Gasteiger partial charge in [-0.15, -0.1) is 0 Å². The van der Waals surface area contributed by atoms with E-state index in [-0.39, 0.29) is 0 Å². The Morgan fingerprint density at radius 2 is 1.90 bits per heavy atom.